The van der Waals surface area contributed by atoms with E-state index in [1.54, 1.807) is 7.05 Å². The first-order valence-electron chi connectivity index (χ1n) is 4.93. The highest BCUT2D eigenvalue weighted by atomic mass is 16.2. The lowest BCUT2D eigenvalue weighted by Crippen LogP contribution is -2.59. The molecule has 1 saturated heterocycles. The second kappa shape index (κ2) is 3.24. The van der Waals surface area contributed by atoms with Crippen molar-refractivity contribution in [3.63, 3.8) is 0 Å². The van der Waals surface area contributed by atoms with Crippen LogP contribution >= 0.6 is 0 Å². The largest absolute Gasteiger partial charge is 0.358 e. The number of nitrogens with one attached hydrogen (secondary N) is 3. The van der Waals surface area contributed by atoms with Crippen molar-refractivity contribution in [2.24, 2.45) is 5.41 Å². The molecule has 1 saturated carbocycles. The van der Waals surface area contributed by atoms with Crippen LogP contribution in [0.15, 0.2) is 0 Å². The van der Waals surface area contributed by atoms with Crippen LogP contribution in [0.4, 0.5) is 0 Å². The molecule has 5 heteroatoms. The van der Waals surface area contributed by atoms with Crippen molar-refractivity contribution < 1.29 is 9.59 Å². The van der Waals surface area contributed by atoms with Gasteiger partial charge >= 0.3 is 0 Å². The summed E-state index contributed by atoms with van der Waals surface area (Å²) in [6, 6.07) is 0.213. The molecule has 2 aliphatic rings. The monoisotopic (exact) mass is 197 g/mol. The van der Waals surface area contributed by atoms with Gasteiger partial charge in [-0.05, 0) is 12.8 Å². The van der Waals surface area contributed by atoms with Crippen molar-refractivity contribution in [1.82, 2.24) is 16.0 Å². The van der Waals surface area contributed by atoms with Crippen molar-refractivity contribution in [1.29, 1.82) is 0 Å². The van der Waals surface area contributed by atoms with E-state index in [2.05, 4.69) is 16.0 Å². The molecule has 3 N–H and O–H groups in total. The molecule has 0 atom stereocenters. The highest BCUT2D eigenvalue weighted by Gasteiger charge is 2.56. The van der Waals surface area contributed by atoms with Gasteiger partial charge in [-0.2, -0.15) is 0 Å². The van der Waals surface area contributed by atoms with Gasteiger partial charge in [-0.1, -0.05) is 0 Å². The van der Waals surface area contributed by atoms with Crippen LogP contribution in [-0.4, -0.2) is 38.0 Å². The van der Waals surface area contributed by atoms with Gasteiger partial charge in [-0.15, -0.1) is 0 Å². The third kappa shape index (κ3) is 1.37. The fraction of sp³-hybridized carbons (Fsp3) is 0.778. The fourth-order valence-electron chi connectivity index (χ4n) is 1.64. The lowest BCUT2D eigenvalue weighted by atomic mass is 10.0. The summed E-state index contributed by atoms with van der Waals surface area (Å²) in [5, 5.41) is 8.48. The molecule has 0 aromatic carbocycles. The number of carbonyl (C=O) groups excluding carboxylic acids is 2. The second-order valence-electron chi connectivity index (χ2n) is 3.99. The standard InChI is InChI=1S/C9H15N3O2/c1-10-7(13)9(2-3-9)8(14)12-6-4-11-5-6/h6,11H,2-5H2,1H3,(H,10,13)(H,12,14). The Morgan fingerprint density at radius 3 is 2.29 bits per heavy atom. The Bertz CT molecular complexity index is 269. The van der Waals surface area contributed by atoms with Crippen molar-refractivity contribution >= 4 is 11.8 Å². The lowest BCUT2D eigenvalue weighted by molar-refractivity contribution is -0.137. The van der Waals surface area contributed by atoms with E-state index in [4.69, 9.17) is 0 Å². The molecule has 0 unspecified atom stereocenters. The molecule has 2 rings (SSSR count). The Hall–Kier alpha value is -1.10. The number of hydrogen-bond donors (Lipinski definition) is 3. The predicted octanol–water partition coefficient (Wildman–Crippen LogP) is -1.40. The molecule has 5 nitrogen and oxygen atoms in total. The summed E-state index contributed by atoms with van der Waals surface area (Å²) in [5.74, 6) is -0.259. The van der Waals surface area contributed by atoms with Crippen LogP contribution in [0.2, 0.25) is 0 Å². The van der Waals surface area contributed by atoms with Crippen molar-refractivity contribution in [2.75, 3.05) is 20.1 Å². The smallest absolute Gasteiger partial charge is 0.236 e. The maximum absolute atomic E-state index is 11.7. The molecule has 2 amide bonds. The minimum absolute atomic E-state index is 0.108. The highest BCUT2D eigenvalue weighted by Crippen LogP contribution is 2.46. The minimum Gasteiger partial charge on any atom is -0.358 e. The fourth-order valence-corrected chi connectivity index (χ4v) is 1.64. The van der Waals surface area contributed by atoms with E-state index in [9.17, 15) is 9.59 Å². The quantitative estimate of drug-likeness (QED) is 0.487. The topological polar surface area (TPSA) is 70.2 Å². The second-order valence-corrected chi connectivity index (χ2v) is 3.99. The van der Waals surface area contributed by atoms with Crippen LogP contribution < -0.4 is 16.0 Å². The maximum atomic E-state index is 11.7. The molecule has 14 heavy (non-hydrogen) atoms. The molecule has 2 fully saturated rings. The Morgan fingerprint density at radius 2 is 1.93 bits per heavy atom. The summed E-state index contributed by atoms with van der Waals surface area (Å²) >= 11 is 0. The summed E-state index contributed by atoms with van der Waals surface area (Å²) in [5.41, 5.74) is -0.746. The third-order valence-electron chi connectivity index (χ3n) is 2.96. The van der Waals surface area contributed by atoms with Gasteiger partial charge in [0, 0.05) is 20.1 Å². The molecule has 0 spiro atoms. The number of hydrogen-bond acceptors (Lipinski definition) is 3. The SMILES string of the molecule is CNC(=O)C1(C(=O)NC2CNC2)CC1. The van der Waals surface area contributed by atoms with Crippen LogP contribution in [-0.2, 0) is 9.59 Å². The Balaban J connectivity index is 1.92. The maximum Gasteiger partial charge on any atom is 0.236 e. The Morgan fingerprint density at radius 1 is 1.29 bits per heavy atom. The van der Waals surface area contributed by atoms with Crippen LogP contribution in [0.3, 0.4) is 0 Å². The van der Waals surface area contributed by atoms with E-state index in [1.165, 1.54) is 0 Å². The first-order valence-corrected chi connectivity index (χ1v) is 4.93. The van der Waals surface area contributed by atoms with Gasteiger partial charge in [-0.25, -0.2) is 0 Å². The van der Waals surface area contributed by atoms with Gasteiger partial charge in [0.2, 0.25) is 11.8 Å². The first kappa shape index (κ1) is 9.45. The Kier molecular flexibility index (Phi) is 2.19. The van der Waals surface area contributed by atoms with Crippen molar-refractivity contribution in [3.8, 4) is 0 Å². The van der Waals surface area contributed by atoms with E-state index < -0.39 is 5.41 Å². The van der Waals surface area contributed by atoms with Gasteiger partial charge in [0.15, 0.2) is 0 Å². The number of amides is 2. The summed E-state index contributed by atoms with van der Waals surface area (Å²) < 4.78 is 0. The van der Waals surface area contributed by atoms with Gasteiger partial charge in [0.05, 0.1) is 6.04 Å². The summed E-state index contributed by atoms with van der Waals surface area (Å²) in [6.07, 6.45) is 1.36. The van der Waals surface area contributed by atoms with Crippen LogP contribution in [0.1, 0.15) is 12.8 Å². The lowest BCUT2D eigenvalue weighted by Gasteiger charge is -2.29. The average molecular weight is 197 g/mol. The molecule has 0 radical (unpaired) electrons. The van der Waals surface area contributed by atoms with Gasteiger partial charge < -0.3 is 16.0 Å². The van der Waals surface area contributed by atoms with E-state index in [1.807, 2.05) is 0 Å². The van der Waals surface area contributed by atoms with Crippen LogP contribution in [0, 0.1) is 5.41 Å². The summed E-state index contributed by atoms with van der Waals surface area (Å²) in [4.78, 5) is 23.2. The molecular formula is C9H15N3O2. The summed E-state index contributed by atoms with van der Waals surface area (Å²) in [7, 11) is 1.57. The normalized spacial score (nSPS) is 23.5. The molecule has 0 bridgehead atoms. The van der Waals surface area contributed by atoms with E-state index >= 15 is 0 Å². The molecule has 1 aliphatic heterocycles. The molecule has 1 heterocycles. The number of carbonyl (C=O) groups is 2. The van der Waals surface area contributed by atoms with Gasteiger partial charge in [0.1, 0.15) is 5.41 Å². The van der Waals surface area contributed by atoms with Gasteiger partial charge in [0.25, 0.3) is 0 Å². The average Bonchev–Trinajstić information content (AvgIpc) is 2.90. The van der Waals surface area contributed by atoms with Gasteiger partial charge in [-0.3, -0.25) is 9.59 Å². The van der Waals surface area contributed by atoms with E-state index in [-0.39, 0.29) is 17.9 Å². The minimum atomic E-state index is -0.746. The predicted molar refractivity (Wildman–Crippen MR) is 50.5 cm³/mol. The molecular weight excluding hydrogens is 182 g/mol. The molecule has 78 valence electrons. The summed E-state index contributed by atoms with van der Waals surface area (Å²) in [6.45, 7) is 1.63. The van der Waals surface area contributed by atoms with Crippen LogP contribution in [0.5, 0.6) is 0 Å². The van der Waals surface area contributed by atoms with Crippen LogP contribution in [0.25, 0.3) is 0 Å². The molecule has 0 aromatic rings. The van der Waals surface area contributed by atoms with E-state index in [0.717, 1.165) is 13.1 Å². The molecule has 1 aliphatic carbocycles. The third-order valence-corrected chi connectivity index (χ3v) is 2.96. The highest BCUT2D eigenvalue weighted by molar-refractivity contribution is 6.07. The zero-order valence-electron chi connectivity index (χ0n) is 8.22. The van der Waals surface area contributed by atoms with E-state index in [0.29, 0.717) is 12.8 Å². The first-order chi connectivity index (χ1) is 6.69. The zero-order chi connectivity index (χ0) is 10.2. The zero-order valence-corrected chi connectivity index (χ0v) is 8.22. The van der Waals surface area contributed by atoms with Crippen molar-refractivity contribution in [3.05, 3.63) is 0 Å². The molecule has 0 aromatic heterocycles. The number of rotatable bonds is 3. The Labute approximate surface area is 82.6 Å². The van der Waals surface area contributed by atoms with Crippen molar-refractivity contribution in [2.45, 2.75) is 18.9 Å².